The Morgan fingerprint density at radius 3 is 1.58 bits per heavy atom. The van der Waals surface area contributed by atoms with Crippen molar-refractivity contribution in [1.82, 2.24) is 0 Å². The van der Waals surface area contributed by atoms with Gasteiger partial charge in [-0.2, -0.15) is 52.7 Å². The molecular formula is C48H18F6N8. The first-order valence-corrected chi connectivity index (χ1v) is 17.9. The molecule has 292 valence electrons. The Balaban J connectivity index is 1.77. The van der Waals surface area contributed by atoms with Crippen LogP contribution >= 0.6 is 0 Å². The molecule has 0 N–H and O–H groups in total. The first-order valence-electron chi connectivity index (χ1n) is 17.9. The van der Waals surface area contributed by atoms with Crippen LogP contribution in [0, 0.1) is 76.4 Å². The van der Waals surface area contributed by atoms with Crippen LogP contribution in [0.1, 0.15) is 68.5 Å². The summed E-state index contributed by atoms with van der Waals surface area (Å²) in [7, 11) is 0. The highest BCUT2D eigenvalue weighted by atomic mass is 19.4. The van der Waals surface area contributed by atoms with Gasteiger partial charge < -0.3 is 0 Å². The van der Waals surface area contributed by atoms with E-state index in [1.807, 2.05) is 12.1 Å². The minimum Gasteiger partial charge on any atom is -0.239 e. The number of fused-ring (bicyclic) bond motifs is 2. The van der Waals surface area contributed by atoms with E-state index in [-0.39, 0.29) is 118 Å². The monoisotopic (exact) mass is 820 g/mol. The number of alkyl halides is 6. The van der Waals surface area contributed by atoms with E-state index in [0.717, 1.165) is 30.3 Å². The van der Waals surface area contributed by atoms with Crippen LogP contribution in [0.15, 0.2) is 90.5 Å². The van der Waals surface area contributed by atoms with Crippen molar-refractivity contribution in [3.63, 3.8) is 0 Å². The van der Waals surface area contributed by atoms with Gasteiger partial charge in [0.2, 0.25) is 0 Å². The van der Waals surface area contributed by atoms with Gasteiger partial charge >= 0.3 is 12.4 Å². The van der Waals surface area contributed by atoms with E-state index in [1.165, 1.54) is 54.6 Å². The standard InChI is InChI=1S/C48H18F6N8/c1-60-34-15-30(16-35(18-34)61-2)39(24-59)37-19-40(62-3)46-41(27-4-8-32(9-5-27)47(49,50)51)43-31(22-57)17-36(38(23-58)29-13-25(20-55)12-26(14-29)21-56)44(43)42(45(37)46)28-6-10-33(11-7-28)48(52,53)54/h4,6-8,10-19H,5,9H2/b38-36+,39-37+. The minimum absolute atomic E-state index is 0.00467. The molecule has 0 saturated carbocycles. The summed E-state index contributed by atoms with van der Waals surface area (Å²) < 4.78 is 84.0. The highest BCUT2D eigenvalue weighted by Crippen LogP contribution is 2.57. The number of rotatable bonds is 4. The molecule has 0 bridgehead atoms. The van der Waals surface area contributed by atoms with Crippen molar-refractivity contribution in [3.05, 3.63) is 180 Å². The molecule has 7 rings (SSSR count). The number of nitriles is 5. The van der Waals surface area contributed by atoms with Crippen LogP contribution in [0.5, 0.6) is 0 Å². The van der Waals surface area contributed by atoms with E-state index in [2.05, 4.69) is 32.7 Å². The van der Waals surface area contributed by atoms with Crippen molar-refractivity contribution in [2.45, 2.75) is 25.2 Å². The highest BCUT2D eigenvalue weighted by molar-refractivity contribution is 6.22. The Morgan fingerprint density at radius 1 is 0.548 bits per heavy atom. The lowest BCUT2D eigenvalue weighted by Crippen LogP contribution is -2.14. The molecular weight excluding hydrogens is 803 g/mol. The lowest BCUT2D eigenvalue weighted by atomic mass is 9.76. The van der Waals surface area contributed by atoms with Gasteiger partial charge in [0.05, 0.1) is 71.3 Å². The zero-order valence-corrected chi connectivity index (χ0v) is 31.3. The number of nitrogens with zero attached hydrogens (tertiary/aromatic N) is 8. The third kappa shape index (κ3) is 6.94. The molecule has 8 nitrogen and oxygen atoms in total. The van der Waals surface area contributed by atoms with Crippen LogP contribution in [0.2, 0.25) is 0 Å². The summed E-state index contributed by atoms with van der Waals surface area (Å²) in [5.41, 5.74) is -1.99. The summed E-state index contributed by atoms with van der Waals surface area (Å²) in [5, 5.41) is 52.2. The topological polar surface area (TPSA) is 132 Å². The second kappa shape index (κ2) is 15.5. The molecule has 0 atom stereocenters. The molecule has 62 heavy (non-hydrogen) atoms. The Morgan fingerprint density at radius 2 is 1.11 bits per heavy atom. The normalized spacial score (nSPS) is 15.5. The van der Waals surface area contributed by atoms with Gasteiger partial charge in [-0.05, 0) is 105 Å². The van der Waals surface area contributed by atoms with Crippen molar-refractivity contribution >= 4 is 50.5 Å². The van der Waals surface area contributed by atoms with Crippen molar-refractivity contribution in [2.24, 2.45) is 0 Å². The summed E-state index contributed by atoms with van der Waals surface area (Å²) in [6, 6.07) is 21.9. The molecule has 0 unspecified atom stereocenters. The fourth-order valence-corrected chi connectivity index (χ4v) is 7.80. The second-order valence-electron chi connectivity index (χ2n) is 13.8. The van der Waals surface area contributed by atoms with Gasteiger partial charge in [0, 0.05) is 22.3 Å². The van der Waals surface area contributed by atoms with Gasteiger partial charge in [0.15, 0.2) is 17.1 Å². The fourth-order valence-electron chi connectivity index (χ4n) is 7.80. The van der Waals surface area contributed by atoms with Gasteiger partial charge in [-0.3, -0.25) is 0 Å². The van der Waals surface area contributed by atoms with Crippen LogP contribution in [-0.2, 0) is 6.18 Å². The van der Waals surface area contributed by atoms with Crippen molar-refractivity contribution in [1.29, 1.82) is 26.3 Å². The third-order valence-corrected chi connectivity index (χ3v) is 10.4. The Labute approximate surface area is 349 Å². The van der Waals surface area contributed by atoms with Crippen molar-refractivity contribution in [3.8, 4) is 41.5 Å². The SMILES string of the molecule is [C-]#[N+]C1=C/C(=C(/C#N)c2cc([N+]#[C-])cc([N+]#[C-])c2)c2c1c(C1=CC=C(C(F)(F)F)CC1)c1c(c2-c2ccc(C(F)(F)F)cc2)/C(=C(\C#N)c2cc(C#N)cc(C#N)c2)C=C1C#N. The molecule has 0 spiro atoms. The molecule has 0 saturated heterocycles. The van der Waals surface area contributed by atoms with Crippen LogP contribution in [0.3, 0.4) is 0 Å². The molecule has 3 aliphatic carbocycles. The minimum atomic E-state index is -4.78. The summed E-state index contributed by atoms with van der Waals surface area (Å²) in [5.74, 6) is 0. The van der Waals surface area contributed by atoms with Gasteiger partial charge in [-0.15, -0.1) is 0 Å². The Hall–Kier alpha value is -9.18. The maximum absolute atomic E-state index is 14.0. The molecule has 4 aromatic rings. The van der Waals surface area contributed by atoms with Crippen molar-refractivity contribution < 1.29 is 26.3 Å². The lowest BCUT2D eigenvalue weighted by Gasteiger charge is -2.26. The van der Waals surface area contributed by atoms with Gasteiger partial charge in [-0.25, -0.2) is 14.5 Å². The summed E-state index contributed by atoms with van der Waals surface area (Å²) in [6.45, 7) is 23.6. The Kier molecular flexibility index (Phi) is 10.3. The van der Waals surface area contributed by atoms with E-state index >= 15 is 0 Å². The van der Waals surface area contributed by atoms with Gasteiger partial charge in [0.1, 0.15) is 12.1 Å². The van der Waals surface area contributed by atoms with E-state index in [0.29, 0.717) is 0 Å². The molecule has 0 fully saturated rings. The molecule has 0 aromatic heterocycles. The molecule has 3 aliphatic rings. The van der Waals surface area contributed by atoms with E-state index in [1.54, 1.807) is 0 Å². The molecule has 0 amide bonds. The average Bonchev–Trinajstić information content (AvgIpc) is 3.84. The third-order valence-electron chi connectivity index (χ3n) is 10.4. The quantitative estimate of drug-likeness (QED) is 0.115. The summed E-state index contributed by atoms with van der Waals surface area (Å²) in [6.07, 6.45) is -5.53. The van der Waals surface area contributed by atoms with E-state index in [4.69, 9.17) is 19.7 Å². The highest BCUT2D eigenvalue weighted by Gasteiger charge is 2.41. The predicted molar refractivity (Wildman–Crippen MR) is 216 cm³/mol. The molecule has 0 heterocycles. The zero-order valence-electron chi connectivity index (χ0n) is 31.3. The lowest BCUT2D eigenvalue weighted by molar-refractivity contribution is -0.137. The van der Waals surface area contributed by atoms with Crippen molar-refractivity contribution in [2.75, 3.05) is 0 Å². The smallest absolute Gasteiger partial charge is 0.239 e. The number of benzene rings is 4. The maximum Gasteiger partial charge on any atom is 0.416 e. The van der Waals surface area contributed by atoms with Crippen LogP contribution in [0.4, 0.5) is 37.7 Å². The Bertz CT molecular complexity index is 3050. The van der Waals surface area contributed by atoms with E-state index in [9.17, 15) is 52.7 Å². The molecule has 0 aliphatic heterocycles. The zero-order chi connectivity index (χ0) is 44.7. The predicted octanol–water partition coefficient (Wildman–Crippen LogP) is 12.9. The summed E-state index contributed by atoms with van der Waals surface area (Å²) in [4.78, 5) is 10.6. The van der Waals surface area contributed by atoms with Gasteiger partial charge in [0.25, 0.3) is 0 Å². The molecule has 0 radical (unpaired) electrons. The molecule has 14 heteroatoms. The number of hydrogen-bond donors (Lipinski definition) is 0. The first-order chi connectivity index (χ1) is 29.6. The second-order valence-corrected chi connectivity index (χ2v) is 13.8. The first kappa shape index (κ1) is 41.0. The van der Waals surface area contributed by atoms with Crippen LogP contribution in [-0.4, -0.2) is 6.18 Å². The van der Waals surface area contributed by atoms with Crippen LogP contribution < -0.4 is 0 Å². The number of allylic oxidation sites excluding steroid dienone is 11. The number of hydrogen-bond acceptors (Lipinski definition) is 5. The fraction of sp³-hybridized carbons (Fsp3) is 0.0833. The number of halogens is 6. The largest absolute Gasteiger partial charge is 0.416 e. The maximum atomic E-state index is 14.0. The summed E-state index contributed by atoms with van der Waals surface area (Å²) >= 11 is 0. The van der Waals surface area contributed by atoms with Gasteiger partial charge in [-0.1, -0.05) is 42.5 Å². The van der Waals surface area contributed by atoms with Crippen LogP contribution in [0.25, 0.3) is 64.8 Å². The molecule has 4 aromatic carbocycles. The van der Waals surface area contributed by atoms with E-state index < -0.39 is 29.9 Å². The average molecular weight is 821 g/mol.